The summed E-state index contributed by atoms with van der Waals surface area (Å²) in [6, 6.07) is 14.1. The Morgan fingerprint density at radius 2 is 1.22 bits per heavy atom. The number of nitrogens with two attached hydrogens (primary N) is 1. The van der Waals surface area contributed by atoms with E-state index >= 15 is 0 Å². The molecular formula is C34H46N6O6. The van der Waals surface area contributed by atoms with Crippen LogP contribution >= 0.6 is 0 Å². The Hall–Kier alpha value is -4.71. The molecule has 0 aromatic heterocycles. The normalized spacial score (nSPS) is 13.8. The van der Waals surface area contributed by atoms with Crippen LogP contribution in [0.4, 0.5) is 0 Å². The van der Waals surface area contributed by atoms with Gasteiger partial charge in [-0.15, -0.1) is 0 Å². The summed E-state index contributed by atoms with van der Waals surface area (Å²) in [5.74, 6) is -3.07. The van der Waals surface area contributed by atoms with E-state index in [4.69, 9.17) is 5.73 Å². The van der Waals surface area contributed by atoms with Gasteiger partial charge in [-0.05, 0) is 35.8 Å². The third-order valence-corrected chi connectivity index (χ3v) is 6.88. The van der Waals surface area contributed by atoms with E-state index < -0.39 is 53.7 Å². The third-order valence-electron chi connectivity index (χ3n) is 6.88. The predicted octanol–water partition coefficient (Wildman–Crippen LogP) is 1.26. The van der Waals surface area contributed by atoms with Crippen LogP contribution < -0.4 is 27.0 Å². The number of benzene rings is 2. The minimum atomic E-state index is -1.16. The van der Waals surface area contributed by atoms with E-state index in [2.05, 4.69) is 26.3 Å². The molecule has 0 spiro atoms. The van der Waals surface area contributed by atoms with Crippen LogP contribution in [0.2, 0.25) is 0 Å². The molecule has 0 saturated heterocycles. The first-order valence-corrected chi connectivity index (χ1v) is 15.4. The topological polar surface area (TPSA) is 189 Å². The van der Waals surface area contributed by atoms with Gasteiger partial charge >= 0.3 is 0 Å². The monoisotopic (exact) mass is 634 g/mol. The number of rotatable bonds is 18. The maximum absolute atomic E-state index is 13.3. The Morgan fingerprint density at radius 1 is 0.696 bits per heavy atom. The van der Waals surface area contributed by atoms with Gasteiger partial charge in [-0.1, -0.05) is 88.4 Å². The van der Waals surface area contributed by atoms with E-state index in [0.717, 1.165) is 17.3 Å². The van der Waals surface area contributed by atoms with Crippen LogP contribution in [0.15, 0.2) is 65.7 Å². The summed E-state index contributed by atoms with van der Waals surface area (Å²) in [4.78, 5) is 80.0. The smallest absolute Gasteiger partial charge is 0.268 e. The lowest BCUT2D eigenvalue weighted by Gasteiger charge is -2.23. The minimum absolute atomic E-state index is 0.0482. The molecule has 46 heavy (non-hydrogen) atoms. The molecule has 0 aliphatic rings. The number of aliphatic imine (C=N–C) groups is 1. The number of aldehydes is 1. The van der Waals surface area contributed by atoms with E-state index in [0.29, 0.717) is 19.1 Å². The second kappa shape index (κ2) is 19.6. The van der Waals surface area contributed by atoms with Crippen LogP contribution in [0.25, 0.3) is 0 Å². The number of nitrogens with one attached hydrogen (secondary N) is 4. The summed E-state index contributed by atoms with van der Waals surface area (Å²) in [7, 11) is 0. The lowest BCUT2D eigenvalue weighted by atomic mass is 10.0. The standard InChI is InChI=1S/C34H46N6O6/c1-22(2)15-26(21-41)37-33(45)29(18-25-13-9-6-10-14-25)39-31(43)20-36-32(44)28(17-24-11-7-5-8-12-24)40-34(46)27(16-23(3)4)38-30(42)19-35/h5-14,20-23,26-29H,15-19,35H2,1-4H3,(H,37,45)(H,38,42)(H,39,43)(H,40,46)/t26-,27+,28-,29-/m0/s1. The SMILES string of the molecule is CC(C)C[C@@H](C=O)NC(=O)[C@H](Cc1ccccc1)NC(=O)C=NC(=O)[C@H](Cc1ccccc1)NC(=O)[C@@H](CC(C)C)NC(=O)CN. The fourth-order valence-electron chi connectivity index (χ4n) is 4.70. The highest BCUT2D eigenvalue weighted by Crippen LogP contribution is 2.10. The van der Waals surface area contributed by atoms with Gasteiger partial charge in [0.25, 0.3) is 11.8 Å². The van der Waals surface area contributed by atoms with Crippen molar-refractivity contribution in [3.8, 4) is 0 Å². The van der Waals surface area contributed by atoms with Crippen molar-refractivity contribution < 1.29 is 28.8 Å². The van der Waals surface area contributed by atoms with Crippen molar-refractivity contribution in [1.82, 2.24) is 21.3 Å². The van der Waals surface area contributed by atoms with Crippen molar-refractivity contribution in [1.29, 1.82) is 0 Å². The van der Waals surface area contributed by atoms with Gasteiger partial charge in [0, 0.05) is 12.8 Å². The summed E-state index contributed by atoms with van der Waals surface area (Å²) in [6.45, 7) is 7.32. The first-order valence-electron chi connectivity index (χ1n) is 15.4. The lowest BCUT2D eigenvalue weighted by molar-refractivity contribution is -0.131. The highest BCUT2D eigenvalue weighted by molar-refractivity contribution is 6.28. The van der Waals surface area contributed by atoms with E-state index in [1.54, 1.807) is 48.5 Å². The third kappa shape index (κ3) is 13.9. The fourth-order valence-corrected chi connectivity index (χ4v) is 4.70. The molecular weight excluding hydrogens is 588 g/mol. The molecule has 0 unspecified atom stereocenters. The van der Waals surface area contributed by atoms with Gasteiger partial charge in [0.05, 0.1) is 18.8 Å². The second-order valence-corrected chi connectivity index (χ2v) is 11.9. The Bertz CT molecular complexity index is 1330. The molecule has 0 fully saturated rings. The number of hydrogen-bond acceptors (Lipinski definition) is 7. The van der Waals surface area contributed by atoms with Crippen LogP contribution in [0.1, 0.15) is 51.7 Å². The van der Waals surface area contributed by atoms with Crippen molar-refractivity contribution in [3.05, 3.63) is 71.8 Å². The average Bonchev–Trinajstić information content (AvgIpc) is 3.02. The van der Waals surface area contributed by atoms with Crippen molar-refractivity contribution >= 4 is 42.0 Å². The van der Waals surface area contributed by atoms with Gasteiger partial charge < -0.3 is 31.8 Å². The van der Waals surface area contributed by atoms with Crippen molar-refractivity contribution in [2.75, 3.05) is 6.54 Å². The van der Waals surface area contributed by atoms with Gasteiger partial charge in [-0.25, -0.2) is 4.99 Å². The van der Waals surface area contributed by atoms with E-state index in [9.17, 15) is 28.8 Å². The zero-order valence-electron chi connectivity index (χ0n) is 26.9. The zero-order valence-corrected chi connectivity index (χ0v) is 26.9. The summed E-state index contributed by atoms with van der Waals surface area (Å²) in [5, 5.41) is 10.5. The molecule has 2 aromatic rings. The van der Waals surface area contributed by atoms with Crippen LogP contribution in [0.5, 0.6) is 0 Å². The predicted molar refractivity (Wildman–Crippen MR) is 176 cm³/mol. The second-order valence-electron chi connectivity index (χ2n) is 11.9. The number of carbonyl (C=O) groups excluding carboxylic acids is 6. The van der Waals surface area contributed by atoms with Gasteiger partial charge in [-0.3, -0.25) is 24.0 Å². The maximum atomic E-state index is 13.3. The van der Waals surface area contributed by atoms with Gasteiger partial charge in [0.1, 0.15) is 24.4 Å². The van der Waals surface area contributed by atoms with Gasteiger partial charge in [0.15, 0.2) is 0 Å². The molecule has 0 aliphatic heterocycles. The van der Waals surface area contributed by atoms with Crippen LogP contribution in [-0.2, 0) is 41.6 Å². The lowest BCUT2D eigenvalue weighted by Crippen LogP contribution is -2.53. The highest BCUT2D eigenvalue weighted by atomic mass is 16.2. The largest absolute Gasteiger partial charge is 0.345 e. The van der Waals surface area contributed by atoms with E-state index in [1.165, 1.54) is 0 Å². The molecule has 0 saturated carbocycles. The number of carbonyl (C=O) groups is 6. The summed E-state index contributed by atoms with van der Waals surface area (Å²) in [5.41, 5.74) is 6.92. The molecule has 12 heteroatoms. The number of hydrogen-bond donors (Lipinski definition) is 5. The molecule has 4 atom stereocenters. The summed E-state index contributed by atoms with van der Waals surface area (Å²) in [6.07, 6.45) is 2.37. The molecule has 12 nitrogen and oxygen atoms in total. The molecule has 0 heterocycles. The molecule has 2 aromatic carbocycles. The van der Waals surface area contributed by atoms with Crippen molar-refractivity contribution in [2.45, 2.75) is 77.5 Å². The highest BCUT2D eigenvalue weighted by Gasteiger charge is 2.28. The van der Waals surface area contributed by atoms with Crippen molar-refractivity contribution in [3.63, 3.8) is 0 Å². The Kier molecular flexibility index (Phi) is 16.0. The van der Waals surface area contributed by atoms with Crippen LogP contribution in [0, 0.1) is 11.8 Å². The number of nitrogens with zero attached hydrogens (tertiary/aromatic N) is 1. The Balaban J connectivity index is 2.24. The summed E-state index contributed by atoms with van der Waals surface area (Å²) >= 11 is 0. The Morgan fingerprint density at radius 3 is 1.72 bits per heavy atom. The quantitative estimate of drug-likeness (QED) is 0.120. The number of amides is 5. The first-order chi connectivity index (χ1) is 21.9. The fraction of sp³-hybridized carbons (Fsp3) is 0.441. The molecule has 248 valence electrons. The minimum Gasteiger partial charge on any atom is -0.345 e. The molecule has 0 aliphatic carbocycles. The van der Waals surface area contributed by atoms with Crippen LogP contribution in [-0.4, -0.2) is 72.7 Å². The van der Waals surface area contributed by atoms with Gasteiger partial charge in [-0.2, -0.15) is 0 Å². The maximum Gasteiger partial charge on any atom is 0.268 e. The zero-order chi connectivity index (χ0) is 34.1. The van der Waals surface area contributed by atoms with Crippen LogP contribution in [0.3, 0.4) is 0 Å². The molecule has 0 bridgehead atoms. The molecule has 5 amide bonds. The first kappa shape index (κ1) is 37.5. The van der Waals surface area contributed by atoms with Gasteiger partial charge in [0.2, 0.25) is 17.7 Å². The summed E-state index contributed by atoms with van der Waals surface area (Å²) < 4.78 is 0. The molecule has 6 N–H and O–H groups in total. The Labute approximate surface area is 270 Å². The molecule has 0 radical (unpaired) electrons. The molecule has 2 rings (SSSR count). The average molecular weight is 635 g/mol. The van der Waals surface area contributed by atoms with E-state index in [-0.39, 0.29) is 31.2 Å². The van der Waals surface area contributed by atoms with E-state index in [1.807, 2.05) is 39.8 Å². The van der Waals surface area contributed by atoms with Crippen molar-refractivity contribution in [2.24, 2.45) is 22.6 Å².